The Kier molecular flexibility index (Phi) is 7.22. The molecule has 0 bridgehead atoms. The SMILES string of the molecule is COc1csc(C(=O)NCCC(CCC(=O)O)C(C)C)c1. The molecule has 1 rings (SSSR count). The number of rotatable bonds is 9. The van der Waals surface area contributed by atoms with Gasteiger partial charge in [-0.25, -0.2) is 0 Å². The Bertz CT molecular complexity index is 470. The van der Waals surface area contributed by atoms with E-state index < -0.39 is 5.97 Å². The van der Waals surface area contributed by atoms with Gasteiger partial charge in [-0.05, 0) is 24.7 Å². The molecule has 1 atom stereocenters. The van der Waals surface area contributed by atoms with Crippen LogP contribution in [0.4, 0.5) is 0 Å². The molecule has 1 amide bonds. The maximum absolute atomic E-state index is 11.9. The van der Waals surface area contributed by atoms with Gasteiger partial charge in [-0.1, -0.05) is 13.8 Å². The van der Waals surface area contributed by atoms with E-state index in [0.717, 1.165) is 6.42 Å². The first-order valence-electron chi connectivity index (χ1n) is 7.06. The van der Waals surface area contributed by atoms with Crippen molar-refractivity contribution in [1.82, 2.24) is 5.32 Å². The van der Waals surface area contributed by atoms with Gasteiger partial charge in [0.15, 0.2) is 0 Å². The minimum absolute atomic E-state index is 0.107. The van der Waals surface area contributed by atoms with Crippen LogP contribution in [0.1, 0.15) is 42.8 Å². The summed E-state index contributed by atoms with van der Waals surface area (Å²) in [5.41, 5.74) is 0. The molecule has 1 aromatic heterocycles. The van der Waals surface area contributed by atoms with Gasteiger partial charge in [0.05, 0.1) is 12.0 Å². The number of nitrogens with one attached hydrogen (secondary N) is 1. The van der Waals surface area contributed by atoms with Gasteiger partial charge in [0.1, 0.15) is 5.75 Å². The lowest BCUT2D eigenvalue weighted by Crippen LogP contribution is -2.26. The minimum atomic E-state index is -0.768. The number of carboxylic acids is 1. The molecule has 0 fully saturated rings. The second kappa shape index (κ2) is 8.67. The molecule has 6 heteroatoms. The second-order valence-corrected chi connectivity index (χ2v) is 6.24. The zero-order valence-electron chi connectivity index (χ0n) is 12.7. The van der Waals surface area contributed by atoms with Gasteiger partial charge >= 0.3 is 5.97 Å². The van der Waals surface area contributed by atoms with Gasteiger partial charge in [-0.3, -0.25) is 9.59 Å². The van der Waals surface area contributed by atoms with Crippen molar-refractivity contribution in [2.75, 3.05) is 13.7 Å². The standard InChI is InChI=1S/C15H23NO4S/c1-10(2)11(4-5-14(17)18)6-7-16-15(19)13-8-12(20-3)9-21-13/h8-11H,4-7H2,1-3H3,(H,16,19)(H,17,18). The van der Waals surface area contributed by atoms with Crippen LogP contribution in [0.3, 0.4) is 0 Å². The fourth-order valence-corrected chi connectivity index (χ4v) is 2.89. The van der Waals surface area contributed by atoms with Gasteiger partial charge < -0.3 is 15.2 Å². The lowest BCUT2D eigenvalue weighted by atomic mass is 9.88. The molecule has 0 radical (unpaired) electrons. The van der Waals surface area contributed by atoms with Gasteiger partial charge in [0.2, 0.25) is 0 Å². The lowest BCUT2D eigenvalue weighted by Gasteiger charge is -2.20. The molecule has 0 saturated carbocycles. The van der Waals surface area contributed by atoms with Crippen LogP contribution < -0.4 is 10.1 Å². The van der Waals surface area contributed by atoms with Crippen molar-refractivity contribution < 1.29 is 19.4 Å². The molecule has 5 nitrogen and oxygen atoms in total. The highest BCUT2D eigenvalue weighted by molar-refractivity contribution is 7.12. The van der Waals surface area contributed by atoms with Crippen LogP contribution in [0.25, 0.3) is 0 Å². The van der Waals surface area contributed by atoms with E-state index in [1.165, 1.54) is 11.3 Å². The predicted octanol–water partition coefficient (Wildman–Crippen LogP) is 3.01. The van der Waals surface area contributed by atoms with E-state index in [-0.39, 0.29) is 12.3 Å². The summed E-state index contributed by atoms with van der Waals surface area (Å²) >= 11 is 1.35. The smallest absolute Gasteiger partial charge is 0.303 e. The summed E-state index contributed by atoms with van der Waals surface area (Å²) in [5.74, 6) is 0.522. The Morgan fingerprint density at radius 1 is 1.38 bits per heavy atom. The summed E-state index contributed by atoms with van der Waals surface area (Å²) in [7, 11) is 1.57. The van der Waals surface area contributed by atoms with E-state index in [2.05, 4.69) is 19.2 Å². The molecule has 21 heavy (non-hydrogen) atoms. The van der Waals surface area contributed by atoms with Crippen molar-refractivity contribution in [3.63, 3.8) is 0 Å². The average Bonchev–Trinajstić information content (AvgIpc) is 2.90. The lowest BCUT2D eigenvalue weighted by molar-refractivity contribution is -0.137. The molecule has 2 N–H and O–H groups in total. The number of methoxy groups -OCH3 is 1. The van der Waals surface area contributed by atoms with Crippen LogP contribution in [0, 0.1) is 11.8 Å². The Morgan fingerprint density at radius 2 is 2.10 bits per heavy atom. The molecule has 0 saturated heterocycles. The summed E-state index contributed by atoms with van der Waals surface area (Å²) < 4.78 is 5.05. The highest BCUT2D eigenvalue weighted by Gasteiger charge is 2.16. The van der Waals surface area contributed by atoms with Crippen LogP contribution in [0.5, 0.6) is 5.75 Å². The first-order valence-corrected chi connectivity index (χ1v) is 7.94. The van der Waals surface area contributed by atoms with Crippen molar-refractivity contribution in [2.45, 2.75) is 33.1 Å². The van der Waals surface area contributed by atoms with Gasteiger partial charge in [0, 0.05) is 24.4 Å². The Hall–Kier alpha value is -1.56. The topological polar surface area (TPSA) is 75.6 Å². The quantitative estimate of drug-likeness (QED) is 0.735. The molecule has 0 aromatic carbocycles. The zero-order chi connectivity index (χ0) is 15.8. The fourth-order valence-electron chi connectivity index (χ4n) is 2.12. The molecule has 0 aliphatic carbocycles. The third-order valence-electron chi connectivity index (χ3n) is 3.51. The number of hydrogen-bond donors (Lipinski definition) is 2. The first kappa shape index (κ1) is 17.5. The zero-order valence-corrected chi connectivity index (χ0v) is 13.5. The number of amides is 1. The first-order chi connectivity index (χ1) is 9.93. The Morgan fingerprint density at radius 3 is 2.62 bits per heavy atom. The summed E-state index contributed by atoms with van der Waals surface area (Å²) in [4.78, 5) is 23.2. The normalized spacial score (nSPS) is 12.2. The third kappa shape index (κ3) is 6.16. The van der Waals surface area contributed by atoms with E-state index in [9.17, 15) is 9.59 Å². The molecule has 0 aliphatic rings. The van der Waals surface area contributed by atoms with Crippen molar-refractivity contribution in [1.29, 1.82) is 0 Å². The monoisotopic (exact) mass is 313 g/mol. The maximum atomic E-state index is 11.9. The van der Waals surface area contributed by atoms with Crippen LogP contribution in [-0.2, 0) is 4.79 Å². The Labute approximate surface area is 129 Å². The number of hydrogen-bond acceptors (Lipinski definition) is 4. The number of carbonyl (C=O) groups excluding carboxylic acids is 1. The Balaban J connectivity index is 2.38. The number of aliphatic carboxylic acids is 1. The molecular weight excluding hydrogens is 290 g/mol. The number of ether oxygens (including phenoxy) is 1. The van der Waals surface area contributed by atoms with Crippen molar-refractivity contribution in [3.05, 3.63) is 16.3 Å². The summed E-state index contributed by atoms with van der Waals surface area (Å²) in [6, 6.07) is 1.71. The minimum Gasteiger partial charge on any atom is -0.496 e. The molecule has 1 unspecified atom stereocenters. The summed E-state index contributed by atoms with van der Waals surface area (Å²) in [6.07, 6.45) is 1.62. The number of carbonyl (C=O) groups is 2. The van der Waals surface area contributed by atoms with E-state index in [1.807, 2.05) is 0 Å². The largest absolute Gasteiger partial charge is 0.496 e. The van der Waals surface area contributed by atoms with Crippen molar-refractivity contribution in [3.8, 4) is 5.75 Å². The fraction of sp³-hybridized carbons (Fsp3) is 0.600. The summed E-state index contributed by atoms with van der Waals surface area (Å²) in [6.45, 7) is 4.72. The number of thiophene rings is 1. The number of carboxylic acid groups (broad SMARTS) is 1. The molecule has 0 aliphatic heterocycles. The molecule has 0 spiro atoms. The van der Waals surface area contributed by atoms with E-state index in [4.69, 9.17) is 9.84 Å². The third-order valence-corrected chi connectivity index (χ3v) is 4.41. The van der Waals surface area contributed by atoms with Crippen LogP contribution in [0.15, 0.2) is 11.4 Å². The van der Waals surface area contributed by atoms with Gasteiger partial charge in [-0.15, -0.1) is 11.3 Å². The van der Waals surface area contributed by atoms with Gasteiger partial charge in [0.25, 0.3) is 5.91 Å². The maximum Gasteiger partial charge on any atom is 0.303 e. The second-order valence-electron chi connectivity index (χ2n) is 5.33. The van der Waals surface area contributed by atoms with Crippen LogP contribution in [-0.4, -0.2) is 30.6 Å². The van der Waals surface area contributed by atoms with Crippen molar-refractivity contribution >= 4 is 23.2 Å². The summed E-state index contributed by atoms with van der Waals surface area (Å²) in [5, 5.41) is 13.4. The van der Waals surface area contributed by atoms with Gasteiger partial charge in [-0.2, -0.15) is 0 Å². The molecule has 1 heterocycles. The highest BCUT2D eigenvalue weighted by Crippen LogP contribution is 2.22. The van der Waals surface area contributed by atoms with E-state index in [0.29, 0.717) is 35.4 Å². The van der Waals surface area contributed by atoms with Crippen molar-refractivity contribution in [2.24, 2.45) is 11.8 Å². The average molecular weight is 313 g/mol. The van der Waals surface area contributed by atoms with Crippen LogP contribution in [0.2, 0.25) is 0 Å². The molecule has 1 aromatic rings. The van der Waals surface area contributed by atoms with E-state index in [1.54, 1.807) is 18.6 Å². The molecular formula is C15H23NO4S. The van der Waals surface area contributed by atoms with E-state index >= 15 is 0 Å². The van der Waals surface area contributed by atoms with Crippen LogP contribution >= 0.6 is 11.3 Å². The predicted molar refractivity (Wildman–Crippen MR) is 83.0 cm³/mol. The highest BCUT2D eigenvalue weighted by atomic mass is 32.1. The molecule has 118 valence electrons.